The second-order valence-corrected chi connectivity index (χ2v) is 6.14. The number of benzene rings is 2. The lowest BCUT2D eigenvalue weighted by atomic mass is 10.1. The summed E-state index contributed by atoms with van der Waals surface area (Å²) < 4.78 is 0. The van der Waals surface area contributed by atoms with Gasteiger partial charge >= 0.3 is 0 Å². The molecular formula is C16H17NS. The monoisotopic (exact) mass is 255 g/mol. The predicted molar refractivity (Wildman–Crippen MR) is 79.5 cm³/mol. The van der Waals surface area contributed by atoms with Gasteiger partial charge < -0.3 is 5.32 Å². The minimum Gasteiger partial charge on any atom is -0.384 e. The summed E-state index contributed by atoms with van der Waals surface area (Å²) >= 11 is 2.00. The SMILES string of the molecule is Cc1cccc(NCC2Cc3ccccc3S2)c1. The van der Waals surface area contributed by atoms with E-state index in [1.54, 1.807) is 0 Å². The second-order valence-electron chi connectivity index (χ2n) is 4.80. The van der Waals surface area contributed by atoms with E-state index in [1.165, 1.54) is 28.1 Å². The van der Waals surface area contributed by atoms with Crippen LogP contribution in [0.15, 0.2) is 53.4 Å². The van der Waals surface area contributed by atoms with Crippen LogP contribution in [0.2, 0.25) is 0 Å². The van der Waals surface area contributed by atoms with Crippen LogP contribution < -0.4 is 5.32 Å². The Labute approximate surface area is 113 Å². The number of hydrogen-bond acceptors (Lipinski definition) is 2. The van der Waals surface area contributed by atoms with Crippen molar-refractivity contribution >= 4 is 17.4 Å². The number of thioether (sulfide) groups is 1. The molecule has 18 heavy (non-hydrogen) atoms. The van der Waals surface area contributed by atoms with Gasteiger partial charge in [-0.15, -0.1) is 11.8 Å². The van der Waals surface area contributed by atoms with E-state index in [0.29, 0.717) is 5.25 Å². The quantitative estimate of drug-likeness (QED) is 0.885. The Balaban J connectivity index is 1.60. The van der Waals surface area contributed by atoms with Crippen LogP contribution in [0.4, 0.5) is 5.69 Å². The van der Waals surface area contributed by atoms with Crippen molar-refractivity contribution < 1.29 is 0 Å². The van der Waals surface area contributed by atoms with Gasteiger partial charge in [-0.3, -0.25) is 0 Å². The zero-order valence-electron chi connectivity index (χ0n) is 10.5. The Bertz CT molecular complexity index is 525. The lowest BCUT2D eigenvalue weighted by molar-refractivity contribution is 0.899. The minimum atomic E-state index is 0.655. The third-order valence-electron chi connectivity index (χ3n) is 3.27. The number of fused-ring (bicyclic) bond motifs is 1. The lowest BCUT2D eigenvalue weighted by Crippen LogP contribution is -2.15. The molecule has 1 nitrogen and oxygen atoms in total. The van der Waals surface area contributed by atoms with Crippen LogP contribution in [0.25, 0.3) is 0 Å². The fraction of sp³-hybridized carbons (Fsp3) is 0.250. The zero-order valence-corrected chi connectivity index (χ0v) is 11.3. The van der Waals surface area contributed by atoms with Gasteiger partial charge in [0.25, 0.3) is 0 Å². The fourth-order valence-electron chi connectivity index (χ4n) is 2.35. The van der Waals surface area contributed by atoms with Gasteiger partial charge in [-0.2, -0.15) is 0 Å². The molecule has 1 N–H and O–H groups in total. The van der Waals surface area contributed by atoms with Crippen LogP contribution >= 0.6 is 11.8 Å². The van der Waals surface area contributed by atoms with Crippen LogP contribution in [0.3, 0.4) is 0 Å². The Morgan fingerprint density at radius 2 is 2.06 bits per heavy atom. The largest absolute Gasteiger partial charge is 0.384 e. The molecule has 0 aromatic heterocycles. The molecule has 0 saturated heterocycles. The molecule has 1 heterocycles. The molecule has 92 valence electrons. The van der Waals surface area contributed by atoms with Crippen molar-refractivity contribution in [3.63, 3.8) is 0 Å². The predicted octanol–water partition coefficient (Wildman–Crippen LogP) is 4.12. The molecule has 2 aromatic carbocycles. The molecular weight excluding hydrogens is 238 g/mol. The summed E-state index contributed by atoms with van der Waals surface area (Å²) in [5.41, 5.74) is 4.03. The fourth-order valence-corrected chi connectivity index (χ4v) is 3.60. The molecule has 0 amide bonds. The summed E-state index contributed by atoms with van der Waals surface area (Å²) in [6.45, 7) is 3.16. The van der Waals surface area contributed by atoms with E-state index in [2.05, 4.69) is 60.8 Å². The number of aryl methyl sites for hydroxylation is 1. The van der Waals surface area contributed by atoms with E-state index in [-0.39, 0.29) is 0 Å². The summed E-state index contributed by atoms with van der Waals surface area (Å²) in [4.78, 5) is 1.45. The van der Waals surface area contributed by atoms with E-state index < -0.39 is 0 Å². The van der Waals surface area contributed by atoms with Gasteiger partial charge in [0, 0.05) is 22.4 Å². The highest BCUT2D eigenvalue weighted by molar-refractivity contribution is 8.00. The van der Waals surface area contributed by atoms with Crippen molar-refractivity contribution in [2.75, 3.05) is 11.9 Å². The number of rotatable bonds is 3. The molecule has 0 fully saturated rings. The van der Waals surface area contributed by atoms with Gasteiger partial charge in [0.05, 0.1) is 0 Å². The molecule has 0 radical (unpaired) electrons. The lowest BCUT2D eigenvalue weighted by Gasteiger charge is -2.11. The molecule has 1 aliphatic heterocycles. The molecule has 1 unspecified atom stereocenters. The van der Waals surface area contributed by atoms with Crippen molar-refractivity contribution in [3.05, 3.63) is 59.7 Å². The minimum absolute atomic E-state index is 0.655. The molecule has 0 saturated carbocycles. The van der Waals surface area contributed by atoms with Gasteiger partial charge in [0.1, 0.15) is 0 Å². The highest BCUT2D eigenvalue weighted by Gasteiger charge is 2.21. The van der Waals surface area contributed by atoms with E-state index in [9.17, 15) is 0 Å². The van der Waals surface area contributed by atoms with Crippen LogP contribution in [-0.2, 0) is 6.42 Å². The average Bonchev–Trinajstić information content (AvgIpc) is 2.79. The maximum atomic E-state index is 3.54. The van der Waals surface area contributed by atoms with Gasteiger partial charge in [0.15, 0.2) is 0 Å². The van der Waals surface area contributed by atoms with Crippen LogP contribution in [0.5, 0.6) is 0 Å². The molecule has 0 spiro atoms. The molecule has 1 atom stereocenters. The topological polar surface area (TPSA) is 12.0 Å². The first-order chi connectivity index (χ1) is 8.81. The Morgan fingerprint density at radius 3 is 2.89 bits per heavy atom. The first-order valence-electron chi connectivity index (χ1n) is 6.36. The van der Waals surface area contributed by atoms with E-state index in [4.69, 9.17) is 0 Å². The van der Waals surface area contributed by atoms with Crippen molar-refractivity contribution in [1.82, 2.24) is 0 Å². The van der Waals surface area contributed by atoms with E-state index in [0.717, 1.165) is 6.54 Å². The Morgan fingerprint density at radius 1 is 1.17 bits per heavy atom. The summed E-state index contributed by atoms with van der Waals surface area (Å²) in [6.07, 6.45) is 1.18. The summed E-state index contributed by atoms with van der Waals surface area (Å²) in [6, 6.07) is 17.3. The summed E-state index contributed by atoms with van der Waals surface area (Å²) in [5, 5.41) is 4.20. The van der Waals surface area contributed by atoms with Crippen molar-refractivity contribution in [2.45, 2.75) is 23.5 Å². The Kier molecular flexibility index (Phi) is 3.28. The average molecular weight is 255 g/mol. The van der Waals surface area contributed by atoms with Crippen LogP contribution in [-0.4, -0.2) is 11.8 Å². The van der Waals surface area contributed by atoms with Gasteiger partial charge in [-0.25, -0.2) is 0 Å². The number of nitrogens with one attached hydrogen (secondary N) is 1. The third-order valence-corrected chi connectivity index (χ3v) is 4.58. The third kappa shape index (κ3) is 2.54. The molecule has 3 rings (SSSR count). The Hall–Kier alpha value is -1.41. The zero-order chi connectivity index (χ0) is 12.4. The van der Waals surface area contributed by atoms with Gasteiger partial charge in [-0.1, -0.05) is 30.3 Å². The molecule has 0 bridgehead atoms. The van der Waals surface area contributed by atoms with E-state index in [1.807, 2.05) is 11.8 Å². The van der Waals surface area contributed by atoms with E-state index >= 15 is 0 Å². The van der Waals surface area contributed by atoms with Crippen LogP contribution in [0.1, 0.15) is 11.1 Å². The van der Waals surface area contributed by atoms with Crippen molar-refractivity contribution in [1.29, 1.82) is 0 Å². The highest BCUT2D eigenvalue weighted by Crippen LogP contribution is 2.36. The first-order valence-corrected chi connectivity index (χ1v) is 7.24. The normalized spacial score (nSPS) is 17.5. The molecule has 2 heteroatoms. The molecule has 0 aliphatic carbocycles. The molecule has 1 aliphatic rings. The van der Waals surface area contributed by atoms with Gasteiger partial charge in [-0.05, 0) is 42.7 Å². The summed E-state index contributed by atoms with van der Waals surface area (Å²) in [7, 11) is 0. The summed E-state index contributed by atoms with van der Waals surface area (Å²) in [5.74, 6) is 0. The highest BCUT2D eigenvalue weighted by atomic mass is 32.2. The number of anilines is 1. The number of hydrogen-bond donors (Lipinski definition) is 1. The van der Waals surface area contributed by atoms with Crippen molar-refractivity contribution in [3.8, 4) is 0 Å². The maximum Gasteiger partial charge on any atom is 0.0343 e. The molecule has 2 aromatic rings. The first kappa shape index (κ1) is 11.7. The van der Waals surface area contributed by atoms with Gasteiger partial charge in [0.2, 0.25) is 0 Å². The second kappa shape index (κ2) is 5.07. The maximum absolute atomic E-state index is 3.54. The standard InChI is InChI=1S/C16H17NS/c1-12-5-4-7-14(9-12)17-11-15-10-13-6-2-3-8-16(13)18-15/h2-9,15,17H,10-11H2,1H3. The van der Waals surface area contributed by atoms with Crippen molar-refractivity contribution in [2.24, 2.45) is 0 Å². The smallest absolute Gasteiger partial charge is 0.0343 e. The van der Waals surface area contributed by atoms with Crippen LogP contribution in [0, 0.1) is 6.92 Å².